The predicted molar refractivity (Wildman–Crippen MR) is 51.1 cm³/mol. The summed E-state index contributed by atoms with van der Waals surface area (Å²) in [6.45, 7) is 0. The molecule has 2 N–H and O–H groups in total. The van der Waals surface area contributed by atoms with Gasteiger partial charge < -0.3 is 5.73 Å². The smallest absolute Gasteiger partial charge is 0.0453 e. The standard InChI is InChI=1S/C10H12ClN/c11-9-4-2-1-3-8(9)10(12)7-5-6-7/h1-4,7,10H,5-6,12H2/t10-/m0/s1. The zero-order chi connectivity index (χ0) is 8.55. The molecule has 1 aromatic carbocycles. The van der Waals surface area contributed by atoms with Crippen LogP contribution in [0.3, 0.4) is 0 Å². The van der Waals surface area contributed by atoms with Crippen molar-refractivity contribution < 1.29 is 0 Å². The highest BCUT2D eigenvalue weighted by Gasteiger charge is 2.30. The number of rotatable bonds is 2. The Labute approximate surface area is 77.5 Å². The molecule has 0 radical (unpaired) electrons. The summed E-state index contributed by atoms with van der Waals surface area (Å²) in [6.07, 6.45) is 2.51. The SMILES string of the molecule is N[C@H](c1ccccc1Cl)C1CC1. The van der Waals surface area contributed by atoms with Crippen LogP contribution in [0.25, 0.3) is 0 Å². The van der Waals surface area contributed by atoms with Gasteiger partial charge in [0.25, 0.3) is 0 Å². The summed E-state index contributed by atoms with van der Waals surface area (Å²) in [5.41, 5.74) is 7.12. The van der Waals surface area contributed by atoms with Crippen molar-refractivity contribution in [2.45, 2.75) is 18.9 Å². The van der Waals surface area contributed by atoms with Crippen LogP contribution in [0.2, 0.25) is 5.02 Å². The molecule has 1 fully saturated rings. The Morgan fingerprint density at radius 2 is 2.00 bits per heavy atom. The van der Waals surface area contributed by atoms with Gasteiger partial charge in [0.15, 0.2) is 0 Å². The summed E-state index contributed by atoms with van der Waals surface area (Å²) in [5.74, 6) is 0.671. The van der Waals surface area contributed by atoms with Crippen LogP contribution in [0.15, 0.2) is 24.3 Å². The van der Waals surface area contributed by atoms with Crippen LogP contribution in [0.1, 0.15) is 24.4 Å². The van der Waals surface area contributed by atoms with Crippen LogP contribution >= 0.6 is 11.6 Å². The minimum absolute atomic E-state index is 0.152. The number of hydrogen-bond donors (Lipinski definition) is 1. The van der Waals surface area contributed by atoms with Gasteiger partial charge in [0.05, 0.1) is 0 Å². The van der Waals surface area contributed by atoms with E-state index in [9.17, 15) is 0 Å². The summed E-state index contributed by atoms with van der Waals surface area (Å²) in [5, 5.41) is 0.803. The third-order valence-corrected chi connectivity index (χ3v) is 2.74. The molecule has 2 rings (SSSR count). The van der Waals surface area contributed by atoms with Crippen LogP contribution in [0, 0.1) is 5.92 Å². The topological polar surface area (TPSA) is 26.0 Å². The summed E-state index contributed by atoms with van der Waals surface area (Å²) in [6, 6.07) is 8.00. The number of halogens is 1. The van der Waals surface area contributed by atoms with Gasteiger partial charge in [0.2, 0.25) is 0 Å². The van der Waals surface area contributed by atoms with Crippen LogP contribution < -0.4 is 5.73 Å². The fraction of sp³-hybridized carbons (Fsp3) is 0.400. The predicted octanol–water partition coefficient (Wildman–Crippen LogP) is 2.75. The minimum Gasteiger partial charge on any atom is -0.324 e. The zero-order valence-corrected chi connectivity index (χ0v) is 7.59. The number of benzene rings is 1. The fourth-order valence-corrected chi connectivity index (χ4v) is 1.72. The zero-order valence-electron chi connectivity index (χ0n) is 6.83. The lowest BCUT2D eigenvalue weighted by molar-refractivity contribution is 0.634. The molecule has 2 heteroatoms. The van der Waals surface area contributed by atoms with E-state index in [2.05, 4.69) is 0 Å². The van der Waals surface area contributed by atoms with E-state index in [1.54, 1.807) is 0 Å². The van der Waals surface area contributed by atoms with Gasteiger partial charge in [-0.25, -0.2) is 0 Å². The molecule has 0 bridgehead atoms. The van der Waals surface area contributed by atoms with Gasteiger partial charge in [-0.15, -0.1) is 0 Å². The molecule has 1 aliphatic carbocycles. The first-order valence-corrected chi connectivity index (χ1v) is 4.67. The van der Waals surface area contributed by atoms with Gasteiger partial charge in [-0.1, -0.05) is 29.8 Å². The maximum atomic E-state index is 6.02. The van der Waals surface area contributed by atoms with E-state index in [4.69, 9.17) is 17.3 Å². The number of hydrogen-bond acceptors (Lipinski definition) is 1. The van der Waals surface area contributed by atoms with Crippen LogP contribution in [-0.4, -0.2) is 0 Å². The normalized spacial score (nSPS) is 19.2. The molecular formula is C10H12ClN. The molecular weight excluding hydrogens is 170 g/mol. The van der Waals surface area contributed by atoms with Gasteiger partial charge in [-0.2, -0.15) is 0 Å². The maximum absolute atomic E-state index is 6.02. The first-order valence-electron chi connectivity index (χ1n) is 4.29. The monoisotopic (exact) mass is 181 g/mol. The second-order valence-corrected chi connectivity index (χ2v) is 3.79. The second kappa shape index (κ2) is 3.08. The third kappa shape index (κ3) is 1.47. The third-order valence-electron chi connectivity index (χ3n) is 2.39. The average Bonchev–Trinajstić information content (AvgIpc) is 2.86. The Morgan fingerprint density at radius 3 is 2.58 bits per heavy atom. The van der Waals surface area contributed by atoms with Gasteiger partial charge in [0, 0.05) is 11.1 Å². The molecule has 1 nitrogen and oxygen atoms in total. The van der Waals surface area contributed by atoms with Crippen molar-refractivity contribution in [3.05, 3.63) is 34.9 Å². The molecule has 1 atom stereocenters. The Hall–Kier alpha value is -0.530. The highest BCUT2D eigenvalue weighted by molar-refractivity contribution is 6.31. The lowest BCUT2D eigenvalue weighted by Gasteiger charge is -2.11. The Balaban J connectivity index is 2.25. The fourth-order valence-electron chi connectivity index (χ4n) is 1.45. The highest BCUT2D eigenvalue weighted by atomic mass is 35.5. The largest absolute Gasteiger partial charge is 0.324 e. The van der Waals surface area contributed by atoms with Crippen LogP contribution in [-0.2, 0) is 0 Å². The molecule has 1 saturated carbocycles. The maximum Gasteiger partial charge on any atom is 0.0453 e. The van der Waals surface area contributed by atoms with E-state index < -0.39 is 0 Å². The van der Waals surface area contributed by atoms with Crippen molar-refractivity contribution in [2.24, 2.45) is 11.7 Å². The van der Waals surface area contributed by atoms with Gasteiger partial charge in [0.1, 0.15) is 0 Å². The number of nitrogens with two attached hydrogens (primary N) is 1. The molecule has 0 heterocycles. The van der Waals surface area contributed by atoms with E-state index in [0.717, 1.165) is 10.6 Å². The van der Waals surface area contributed by atoms with E-state index in [1.165, 1.54) is 12.8 Å². The average molecular weight is 182 g/mol. The van der Waals surface area contributed by atoms with Crippen LogP contribution in [0.4, 0.5) is 0 Å². The van der Waals surface area contributed by atoms with E-state index in [1.807, 2.05) is 24.3 Å². The Bertz CT molecular complexity index is 281. The summed E-state index contributed by atoms with van der Waals surface area (Å²) in [7, 11) is 0. The molecule has 0 unspecified atom stereocenters. The molecule has 0 aromatic heterocycles. The van der Waals surface area contributed by atoms with E-state index >= 15 is 0 Å². The van der Waals surface area contributed by atoms with Crippen molar-refractivity contribution in [1.29, 1.82) is 0 Å². The lowest BCUT2D eigenvalue weighted by atomic mass is 10.0. The van der Waals surface area contributed by atoms with Crippen LogP contribution in [0.5, 0.6) is 0 Å². The molecule has 64 valence electrons. The highest BCUT2D eigenvalue weighted by Crippen LogP contribution is 2.41. The quantitative estimate of drug-likeness (QED) is 0.746. The Morgan fingerprint density at radius 1 is 1.33 bits per heavy atom. The molecule has 0 saturated heterocycles. The van der Waals surface area contributed by atoms with E-state index in [-0.39, 0.29) is 6.04 Å². The summed E-state index contributed by atoms with van der Waals surface area (Å²) in [4.78, 5) is 0. The van der Waals surface area contributed by atoms with Crippen molar-refractivity contribution >= 4 is 11.6 Å². The molecule has 1 aliphatic rings. The summed E-state index contributed by atoms with van der Waals surface area (Å²) < 4.78 is 0. The molecule has 0 spiro atoms. The van der Waals surface area contributed by atoms with E-state index in [0.29, 0.717) is 5.92 Å². The van der Waals surface area contributed by atoms with Crippen molar-refractivity contribution in [2.75, 3.05) is 0 Å². The van der Waals surface area contributed by atoms with Gasteiger partial charge >= 0.3 is 0 Å². The molecule has 0 amide bonds. The second-order valence-electron chi connectivity index (χ2n) is 3.38. The van der Waals surface area contributed by atoms with Crippen molar-refractivity contribution in [3.8, 4) is 0 Å². The molecule has 0 aliphatic heterocycles. The lowest BCUT2D eigenvalue weighted by Crippen LogP contribution is -2.12. The minimum atomic E-state index is 0.152. The first kappa shape index (κ1) is 8.09. The molecule has 12 heavy (non-hydrogen) atoms. The van der Waals surface area contributed by atoms with Gasteiger partial charge in [-0.05, 0) is 30.4 Å². The van der Waals surface area contributed by atoms with Crippen molar-refractivity contribution in [3.63, 3.8) is 0 Å². The Kier molecular flexibility index (Phi) is 2.07. The first-order chi connectivity index (χ1) is 5.79. The molecule has 1 aromatic rings. The van der Waals surface area contributed by atoms with Crippen molar-refractivity contribution in [1.82, 2.24) is 0 Å². The van der Waals surface area contributed by atoms with Gasteiger partial charge in [-0.3, -0.25) is 0 Å². The summed E-state index contributed by atoms with van der Waals surface area (Å²) >= 11 is 6.01.